The molecule has 1 aromatic heterocycles. The van der Waals surface area contributed by atoms with Crippen molar-refractivity contribution in [3.63, 3.8) is 0 Å². The fourth-order valence-corrected chi connectivity index (χ4v) is 1.43. The van der Waals surface area contributed by atoms with Crippen LogP contribution in [0.15, 0.2) is 6.20 Å². The number of nitrogens with one attached hydrogen (secondary N) is 1. The number of aliphatic hydroxyl groups is 2. The van der Waals surface area contributed by atoms with E-state index in [9.17, 15) is 0 Å². The number of aliphatic hydroxyl groups excluding tert-OH is 2. The molecule has 5 nitrogen and oxygen atoms in total. The third-order valence-electron chi connectivity index (χ3n) is 2.13. The van der Waals surface area contributed by atoms with Crippen LogP contribution in [0.1, 0.15) is 12.6 Å². The van der Waals surface area contributed by atoms with Crippen LogP contribution in [0.2, 0.25) is 0 Å². The highest BCUT2D eigenvalue weighted by Gasteiger charge is 2.10. The van der Waals surface area contributed by atoms with Crippen LogP contribution in [0.3, 0.4) is 0 Å². The third-order valence-corrected chi connectivity index (χ3v) is 2.13. The summed E-state index contributed by atoms with van der Waals surface area (Å²) < 4.78 is 0. The first-order chi connectivity index (χ1) is 6.83. The molecule has 0 saturated heterocycles. The van der Waals surface area contributed by atoms with Crippen molar-refractivity contribution in [3.05, 3.63) is 11.9 Å². The van der Waals surface area contributed by atoms with Crippen LogP contribution in [0, 0.1) is 0 Å². The largest absolute Gasteiger partial charge is 0.395 e. The minimum absolute atomic E-state index is 0.0777. The predicted molar refractivity (Wildman–Crippen MR) is 54.4 cm³/mol. The first kappa shape index (κ1) is 11.0. The van der Waals surface area contributed by atoms with Crippen LogP contribution in [-0.2, 0) is 6.42 Å². The van der Waals surface area contributed by atoms with Gasteiger partial charge in [-0.3, -0.25) is 5.10 Å². The van der Waals surface area contributed by atoms with Gasteiger partial charge in [-0.1, -0.05) is 6.92 Å². The molecule has 1 heterocycles. The number of hydrogen-bond acceptors (Lipinski definition) is 4. The van der Waals surface area contributed by atoms with E-state index in [0.717, 1.165) is 17.8 Å². The molecule has 0 saturated carbocycles. The van der Waals surface area contributed by atoms with E-state index in [2.05, 4.69) is 10.2 Å². The Morgan fingerprint density at radius 2 is 2.00 bits per heavy atom. The van der Waals surface area contributed by atoms with Crippen molar-refractivity contribution in [2.24, 2.45) is 0 Å². The topological polar surface area (TPSA) is 72.4 Å². The highest BCUT2D eigenvalue weighted by Crippen LogP contribution is 2.17. The standard InChI is InChI=1S/C9H17N3O2/c1-2-8-9(7-10-11-8)12(3-5-13)4-6-14/h7,13-14H,2-6H2,1H3,(H,10,11). The minimum atomic E-state index is 0.0777. The molecule has 1 aromatic rings. The fraction of sp³-hybridized carbons (Fsp3) is 0.667. The average Bonchev–Trinajstić information content (AvgIpc) is 2.65. The SMILES string of the molecule is CCc1[nH]ncc1N(CCO)CCO. The number of aromatic nitrogens is 2. The van der Waals surface area contributed by atoms with Gasteiger partial charge in [0.1, 0.15) is 0 Å². The molecule has 0 aromatic carbocycles. The number of aromatic amines is 1. The van der Waals surface area contributed by atoms with Gasteiger partial charge in [0.05, 0.1) is 30.8 Å². The number of aryl methyl sites for hydroxylation is 1. The summed E-state index contributed by atoms with van der Waals surface area (Å²) in [6.07, 6.45) is 2.59. The second kappa shape index (κ2) is 5.62. The maximum Gasteiger partial charge on any atom is 0.0783 e. The quantitative estimate of drug-likeness (QED) is 0.591. The van der Waals surface area contributed by atoms with Crippen LogP contribution < -0.4 is 4.90 Å². The van der Waals surface area contributed by atoms with Gasteiger partial charge in [-0.15, -0.1) is 0 Å². The van der Waals surface area contributed by atoms with Crippen molar-refractivity contribution in [1.29, 1.82) is 0 Å². The van der Waals surface area contributed by atoms with Crippen molar-refractivity contribution < 1.29 is 10.2 Å². The Kier molecular flexibility index (Phi) is 4.42. The molecule has 0 bridgehead atoms. The predicted octanol–water partition coefficient (Wildman–Crippen LogP) is -0.237. The molecule has 0 radical (unpaired) electrons. The van der Waals surface area contributed by atoms with Gasteiger partial charge in [-0.25, -0.2) is 0 Å². The van der Waals surface area contributed by atoms with Crippen molar-refractivity contribution in [2.75, 3.05) is 31.2 Å². The van der Waals surface area contributed by atoms with E-state index in [-0.39, 0.29) is 13.2 Å². The van der Waals surface area contributed by atoms with E-state index in [0.29, 0.717) is 13.1 Å². The van der Waals surface area contributed by atoms with Gasteiger partial charge >= 0.3 is 0 Å². The summed E-state index contributed by atoms with van der Waals surface area (Å²) in [5, 5.41) is 24.6. The molecule has 0 spiro atoms. The van der Waals surface area contributed by atoms with Gasteiger partial charge in [0.2, 0.25) is 0 Å². The minimum Gasteiger partial charge on any atom is -0.395 e. The van der Waals surface area contributed by atoms with Crippen molar-refractivity contribution >= 4 is 5.69 Å². The van der Waals surface area contributed by atoms with Gasteiger partial charge < -0.3 is 15.1 Å². The summed E-state index contributed by atoms with van der Waals surface area (Å²) >= 11 is 0. The third kappa shape index (κ3) is 2.46. The Balaban J connectivity index is 2.75. The monoisotopic (exact) mass is 199 g/mol. The van der Waals surface area contributed by atoms with E-state index in [4.69, 9.17) is 10.2 Å². The molecule has 14 heavy (non-hydrogen) atoms. The Labute approximate surface area is 83.4 Å². The number of hydrogen-bond donors (Lipinski definition) is 3. The van der Waals surface area contributed by atoms with Gasteiger partial charge in [0, 0.05) is 13.1 Å². The number of nitrogens with zero attached hydrogens (tertiary/aromatic N) is 2. The summed E-state index contributed by atoms with van der Waals surface area (Å²) in [6, 6.07) is 0. The van der Waals surface area contributed by atoms with E-state index in [1.807, 2.05) is 11.8 Å². The maximum atomic E-state index is 8.87. The molecular weight excluding hydrogens is 182 g/mol. The van der Waals surface area contributed by atoms with Crippen molar-refractivity contribution in [3.8, 4) is 0 Å². The summed E-state index contributed by atoms with van der Waals surface area (Å²) in [5.41, 5.74) is 2.00. The summed E-state index contributed by atoms with van der Waals surface area (Å²) in [6.45, 7) is 3.23. The number of H-pyrrole nitrogens is 1. The zero-order valence-electron chi connectivity index (χ0n) is 8.40. The lowest BCUT2D eigenvalue weighted by molar-refractivity contribution is 0.281. The highest BCUT2D eigenvalue weighted by molar-refractivity contribution is 5.49. The number of anilines is 1. The van der Waals surface area contributed by atoms with E-state index >= 15 is 0 Å². The van der Waals surface area contributed by atoms with E-state index < -0.39 is 0 Å². The van der Waals surface area contributed by atoms with Crippen molar-refractivity contribution in [1.82, 2.24) is 10.2 Å². The van der Waals surface area contributed by atoms with Gasteiger partial charge in [0.25, 0.3) is 0 Å². The molecule has 1 rings (SSSR count). The lowest BCUT2D eigenvalue weighted by Gasteiger charge is -2.22. The zero-order chi connectivity index (χ0) is 10.4. The molecule has 0 amide bonds. The molecule has 0 aliphatic carbocycles. The van der Waals surface area contributed by atoms with E-state index in [1.54, 1.807) is 6.20 Å². The summed E-state index contributed by atoms with van der Waals surface area (Å²) in [4.78, 5) is 1.92. The van der Waals surface area contributed by atoms with Gasteiger partial charge in [-0.2, -0.15) is 5.10 Å². The first-order valence-corrected chi connectivity index (χ1v) is 4.82. The Morgan fingerprint density at radius 3 is 2.50 bits per heavy atom. The second-order valence-corrected chi connectivity index (χ2v) is 3.02. The van der Waals surface area contributed by atoms with Crippen LogP contribution >= 0.6 is 0 Å². The highest BCUT2D eigenvalue weighted by atomic mass is 16.3. The second-order valence-electron chi connectivity index (χ2n) is 3.02. The molecule has 5 heteroatoms. The fourth-order valence-electron chi connectivity index (χ4n) is 1.43. The van der Waals surface area contributed by atoms with Crippen molar-refractivity contribution in [2.45, 2.75) is 13.3 Å². The maximum absolute atomic E-state index is 8.87. The normalized spacial score (nSPS) is 10.5. The van der Waals surface area contributed by atoms with Crippen LogP contribution in [-0.4, -0.2) is 46.7 Å². The Hall–Kier alpha value is -1.07. The van der Waals surface area contributed by atoms with E-state index in [1.165, 1.54) is 0 Å². The van der Waals surface area contributed by atoms with Gasteiger partial charge in [-0.05, 0) is 6.42 Å². The molecule has 0 aliphatic rings. The lowest BCUT2D eigenvalue weighted by Crippen LogP contribution is -2.30. The molecule has 0 atom stereocenters. The molecule has 80 valence electrons. The average molecular weight is 199 g/mol. The molecule has 3 N–H and O–H groups in total. The lowest BCUT2D eigenvalue weighted by atomic mass is 10.2. The van der Waals surface area contributed by atoms with Crippen LogP contribution in [0.5, 0.6) is 0 Å². The van der Waals surface area contributed by atoms with Crippen LogP contribution in [0.4, 0.5) is 5.69 Å². The first-order valence-electron chi connectivity index (χ1n) is 4.82. The molecular formula is C9H17N3O2. The molecule has 0 fully saturated rings. The molecule has 0 unspecified atom stereocenters. The molecule has 0 aliphatic heterocycles. The summed E-state index contributed by atoms with van der Waals surface area (Å²) in [5.74, 6) is 0. The Morgan fingerprint density at radius 1 is 1.36 bits per heavy atom. The Bertz CT molecular complexity index is 256. The van der Waals surface area contributed by atoms with Crippen LogP contribution in [0.25, 0.3) is 0 Å². The number of rotatable bonds is 6. The smallest absolute Gasteiger partial charge is 0.0783 e. The summed E-state index contributed by atoms with van der Waals surface area (Å²) in [7, 11) is 0. The zero-order valence-corrected chi connectivity index (χ0v) is 8.40. The van der Waals surface area contributed by atoms with Gasteiger partial charge in [0.15, 0.2) is 0 Å².